The normalized spacial score (nSPS) is 26.4. The number of aliphatic imine (C=N–C) groups is 1. The first-order chi connectivity index (χ1) is 8.89. The minimum Gasteiger partial charge on any atom is -0.370 e. The second kappa shape index (κ2) is 7.26. The number of halogens is 1. The van der Waals surface area contributed by atoms with Gasteiger partial charge < -0.3 is 20.5 Å². The molecular formula is C14H28IN3O2. The van der Waals surface area contributed by atoms with Crippen LogP contribution in [0.4, 0.5) is 0 Å². The maximum atomic E-state index is 6.06. The molecule has 3 N–H and O–H groups in total. The zero-order chi connectivity index (χ0) is 13.9. The Hall–Kier alpha value is -0.0800. The van der Waals surface area contributed by atoms with Crippen molar-refractivity contribution < 1.29 is 9.47 Å². The van der Waals surface area contributed by atoms with E-state index in [2.05, 4.69) is 31.1 Å². The van der Waals surface area contributed by atoms with Crippen molar-refractivity contribution in [1.29, 1.82) is 0 Å². The Morgan fingerprint density at radius 2 is 1.95 bits per heavy atom. The maximum Gasteiger partial charge on any atom is 0.189 e. The third-order valence-corrected chi connectivity index (χ3v) is 3.50. The first kappa shape index (κ1) is 18.0. The zero-order valence-corrected chi connectivity index (χ0v) is 15.1. The summed E-state index contributed by atoms with van der Waals surface area (Å²) >= 11 is 0. The molecule has 0 radical (unpaired) electrons. The van der Waals surface area contributed by atoms with E-state index in [1.807, 2.05) is 0 Å². The molecule has 0 amide bonds. The fourth-order valence-corrected chi connectivity index (χ4v) is 2.68. The summed E-state index contributed by atoms with van der Waals surface area (Å²) in [6, 6.07) is 0. The van der Waals surface area contributed by atoms with Gasteiger partial charge in [0.2, 0.25) is 0 Å². The van der Waals surface area contributed by atoms with E-state index in [0.29, 0.717) is 19.1 Å². The van der Waals surface area contributed by atoms with E-state index in [4.69, 9.17) is 15.2 Å². The van der Waals surface area contributed by atoms with Crippen LogP contribution in [0.5, 0.6) is 0 Å². The monoisotopic (exact) mass is 397 g/mol. The van der Waals surface area contributed by atoms with Crippen LogP contribution < -0.4 is 11.1 Å². The Bertz CT molecular complexity index is 336. The van der Waals surface area contributed by atoms with Crippen LogP contribution in [0.3, 0.4) is 0 Å². The minimum absolute atomic E-state index is 0. The van der Waals surface area contributed by atoms with Crippen molar-refractivity contribution in [2.45, 2.75) is 70.3 Å². The smallest absolute Gasteiger partial charge is 0.189 e. The van der Waals surface area contributed by atoms with Crippen molar-refractivity contribution in [3.05, 3.63) is 0 Å². The minimum atomic E-state index is -0.315. The molecule has 2 fully saturated rings. The highest BCUT2D eigenvalue weighted by molar-refractivity contribution is 14.0. The molecule has 118 valence electrons. The number of ether oxygens (including phenoxy) is 2. The van der Waals surface area contributed by atoms with E-state index in [1.165, 1.54) is 19.3 Å². The fraction of sp³-hybridized carbons (Fsp3) is 0.929. The van der Waals surface area contributed by atoms with Crippen LogP contribution in [0.25, 0.3) is 0 Å². The average Bonchev–Trinajstić information content (AvgIpc) is 2.69. The van der Waals surface area contributed by atoms with Gasteiger partial charge in [-0.25, -0.2) is 0 Å². The molecule has 6 heteroatoms. The molecule has 2 rings (SSSR count). The van der Waals surface area contributed by atoms with Gasteiger partial charge in [0.15, 0.2) is 11.7 Å². The summed E-state index contributed by atoms with van der Waals surface area (Å²) < 4.78 is 11.9. The molecule has 1 unspecified atom stereocenters. The van der Waals surface area contributed by atoms with Gasteiger partial charge in [0.1, 0.15) is 6.10 Å². The number of nitrogens with zero attached hydrogens (tertiary/aromatic N) is 1. The van der Waals surface area contributed by atoms with Gasteiger partial charge in [-0.3, -0.25) is 4.99 Å². The van der Waals surface area contributed by atoms with Crippen LogP contribution in [0, 0.1) is 0 Å². The molecule has 20 heavy (non-hydrogen) atoms. The van der Waals surface area contributed by atoms with E-state index in [1.54, 1.807) is 0 Å². The summed E-state index contributed by atoms with van der Waals surface area (Å²) in [5.41, 5.74) is 5.79. The molecule has 1 atom stereocenters. The van der Waals surface area contributed by atoms with Crippen LogP contribution in [0.1, 0.15) is 52.9 Å². The van der Waals surface area contributed by atoms with E-state index in [-0.39, 0.29) is 41.4 Å². The zero-order valence-electron chi connectivity index (χ0n) is 12.8. The topological polar surface area (TPSA) is 68.9 Å². The molecule has 1 spiro atoms. The number of hydrogen-bond donors (Lipinski definition) is 2. The Morgan fingerprint density at radius 1 is 1.30 bits per heavy atom. The number of hydrogen-bond acceptors (Lipinski definition) is 3. The Balaban J connectivity index is 0.00000200. The predicted molar refractivity (Wildman–Crippen MR) is 91.4 cm³/mol. The van der Waals surface area contributed by atoms with Gasteiger partial charge in [-0.1, -0.05) is 6.42 Å². The van der Waals surface area contributed by atoms with Crippen molar-refractivity contribution in [1.82, 2.24) is 5.32 Å². The average molecular weight is 397 g/mol. The third-order valence-electron chi connectivity index (χ3n) is 3.50. The summed E-state index contributed by atoms with van der Waals surface area (Å²) in [6.07, 6.45) is 5.76. The molecular weight excluding hydrogens is 369 g/mol. The molecule has 1 aliphatic carbocycles. The molecule has 0 aromatic carbocycles. The van der Waals surface area contributed by atoms with Gasteiger partial charge in [0, 0.05) is 18.4 Å². The maximum absolute atomic E-state index is 6.06. The molecule has 1 heterocycles. The fourth-order valence-electron chi connectivity index (χ4n) is 2.68. The number of nitrogens with one attached hydrogen (secondary N) is 1. The highest BCUT2D eigenvalue weighted by Crippen LogP contribution is 2.37. The summed E-state index contributed by atoms with van der Waals surface area (Å²) in [5.74, 6) is 0.158. The Kier molecular flexibility index (Phi) is 6.53. The van der Waals surface area contributed by atoms with E-state index >= 15 is 0 Å². The first-order valence-electron chi connectivity index (χ1n) is 7.28. The molecule has 1 aliphatic heterocycles. The van der Waals surface area contributed by atoms with Gasteiger partial charge >= 0.3 is 0 Å². The van der Waals surface area contributed by atoms with E-state index in [0.717, 1.165) is 12.8 Å². The summed E-state index contributed by atoms with van der Waals surface area (Å²) in [4.78, 5) is 4.35. The SMILES string of the molecule is CC(C)(C)NC(N)=NCC1COC2(CCCCC2)O1.I. The molecule has 0 bridgehead atoms. The van der Waals surface area contributed by atoms with Crippen molar-refractivity contribution in [3.63, 3.8) is 0 Å². The van der Waals surface area contributed by atoms with Crippen LogP contribution >= 0.6 is 24.0 Å². The van der Waals surface area contributed by atoms with E-state index in [9.17, 15) is 0 Å². The summed E-state index contributed by atoms with van der Waals surface area (Å²) in [5, 5.41) is 3.15. The van der Waals surface area contributed by atoms with Gasteiger partial charge in [0.05, 0.1) is 13.2 Å². The van der Waals surface area contributed by atoms with Gasteiger partial charge in [-0.05, 0) is 33.6 Å². The quantitative estimate of drug-likeness (QED) is 0.427. The molecule has 0 aromatic rings. The molecule has 2 aliphatic rings. The number of nitrogens with two attached hydrogens (primary N) is 1. The lowest BCUT2D eigenvalue weighted by atomic mass is 9.94. The standard InChI is InChI=1S/C14H27N3O2.HI/c1-13(2,3)17-12(15)16-9-11-10-18-14(19-11)7-5-4-6-8-14;/h11H,4-10H2,1-3H3,(H3,15,16,17);1H. The third kappa shape index (κ3) is 5.37. The highest BCUT2D eigenvalue weighted by Gasteiger charge is 2.42. The molecule has 5 nitrogen and oxygen atoms in total. The summed E-state index contributed by atoms with van der Waals surface area (Å²) in [7, 11) is 0. The van der Waals surface area contributed by atoms with Crippen LogP contribution in [-0.2, 0) is 9.47 Å². The lowest BCUT2D eigenvalue weighted by Gasteiger charge is -2.31. The van der Waals surface area contributed by atoms with Crippen LogP contribution in [0.15, 0.2) is 4.99 Å². The van der Waals surface area contributed by atoms with Gasteiger partial charge in [-0.15, -0.1) is 24.0 Å². The van der Waals surface area contributed by atoms with E-state index < -0.39 is 0 Å². The number of rotatable bonds is 2. The number of guanidine groups is 1. The molecule has 1 saturated carbocycles. The predicted octanol–water partition coefficient (Wildman–Crippen LogP) is 2.38. The van der Waals surface area contributed by atoms with Crippen LogP contribution in [0.2, 0.25) is 0 Å². The highest BCUT2D eigenvalue weighted by atomic mass is 127. The van der Waals surface area contributed by atoms with Crippen molar-refractivity contribution in [2.75, 3.05) is 13.2 Å². The molecule has 1 saturated heterocycles. The molecule has 0 aromatic heterocycles. The second-order valence-electron chi connectivity index (χ2n) is 6.62. The Morgan fingerprint density at radius 3 is 2.55 bits per heavy atom. The van der Waals surface area contributed by atoms with Crippen LogP contribution in [-0.4, -0.2) is 36.5 Å². The lowest BCUT2D eigenvalue weighted by Crippen LogP contribution is -2.45. The first-order valence-corrected chi connectivity index (χ1v) is 7.28. The Labute approximate surface area is 139 Å². The van der Waals surface area contributed by atoms with Crippen molar-refractivity contribution in [3.8, 4) is 0 Å². The van der Waals surface area contributed by atoms with Gasteiger partial charge in [0.25, 0.3) is 0 Å². The van der Waals surface area contributed by atoms with Gasteiger partial charge in [-0.2, -0.15) is 0 Å². The van der Waals surface area contributed by atoms with Crippen molar-refractivity contribution >= 4 is 29.9 Å². The lowest BCUT2D eigenvalue weighted by molar-refractivity contribution is -0.186. The van der Waals surface area contributed by atoms with Crippen molar-refractivity contribution in [2.24, 2.45) is 10.7 Å². The largest absolute Gasteiger partial charge is 0.370 e. The summed E-state index contributed by atoms with van der Waals surface area (Å²) in [6.45, 7) is 7.37. The second-order valence-corrected chi connectivity index (χ2v) is 6.62.